The molecule has 0 saturated carbocycles. The fourth-order valence-corrected chi connectivity index (χ4v) is 1.96. The summed E-state index contributed by atoms with van der Waals surface area (Å²) in [7, 11) is 1.53. The van der Waals surface area contributed by atoms with Crippen LogP contribution < -0.4 is 5.32 Å². The van der Waals surface area contributed by atoms with E-state index in [-0.39, 0.29) is 62.5 Å². The number of carbonyl (C=O) groups excluding carboxylic acids is 4. The number of nitrogens with zero attached hydrogens (tertiary/aromatic N) is 1. The van der Waals surface area contributed by atoms with Crippen molar-refractivity contribution < 1.29 is 28.7 Å². The number of ketones is 1. The van der Waals surface area contributed by atoms with Gasteiger partial charge in [0.1, 0.15) is 12.4 Å². The Kier molecular flexibility index (Phi) is 12.3. The largest absolute Gasteiger partial charge is 0.464 e. The van der Waals surface area contributed by atoms with E-state index in [1.165, 1.54) is 18.9 Å². The standard InChI is InChI=1S/C17H30N2O6/c1-13(2)18-15(21)6-7-16(22)19(9-11-24-4)10-12-25-17(23)8-5-14(3)20/h13H,5-12H2,1-4H3,(H,18,21). The molecule has 0 fully saturated rings. The lowest BCUT2D eigenvalue weighted by Gasteiger charge is -2.22. The van der Waals surface area contributed by atoms with Crippen LogP contribution in [0.1, 0.15) is 46.5 Å². The molecule has 0 aliphatic rings. The van der Waals surface area contributed by atoms with Crippen molar-refractivity contribution in [2.75, 3.05) is 33.4 Å². The zero-order valence-electron chi connectivity index (χ0n) is 15.6. The van der Waals surface area contributed by atoms with Gasteiger partial charge in [0.2, 0.25) is 11.8 Å². The summed E-state index contributed by atoms with van der Waals surface area (Å²) >= 11 is 0. The van der Waals surface area contributed by atoms with E-state index in [0.717, 1.165) is 0 Å². The van der Waals surface area contributed by atoms with Gasteiger partial charge in [-0.2, -0.15) is 0 Å². The number of carbonyl (C=O) groups is 4. The number of rotatable bonds is 13. The number of hydrogen-bond donors (Lipinski definition) is 1. The first-order valence-corrected chi connectivity index (χ1v) is 8.47. The molecular formula is C17H30N2O6. The fourth-order valence-electron chi connectivity index (χ4n) is 1.96. The summed E-state index contributed by atoms with van der Waals surface area (Å²) in [6, 6.07) is 0.0293. The first-order valence-electron chi connectivity index (χ1n) is 8.47. The number of ether oxygens (including phenoxy) is 2. The molecule has 0 bridgehead atoms. The smallest absolute Gasteiger partial charge is 0.306 e. The van der Waals surface area contributed by atoms with Crippen molar-refractivity contribution in [2.45, 2.75) is 52.5 Å². The van der Waals surface area contributed by atoms with Gasteiger partial charge >= 0.3 is 5.97 Å². The monoisotopic (exact) mass is 358 g/mol. The Balaban J connectivity index is 4.29. The molecule has 0 heterocycles. The van der Waals surface area contributed by atoms with Crippen LogP contribution >= 0.6 is 0 Å². The Morgan fingerprint density at radius 2 is 1.60 bits per heavy atom. The normalized spacial score (nSPS) is 10.4. The van der Waals surface area contributed by atoms with Gasteiger partial charge in [0.05, 0.1) is 19.6 Å². The quantitative estimate of drug-likeness (QED) is 0.486. The first-order chi connectivity index (χ1) is 11.8. The Morgan fingerprint density at radius 3 is 2.16 bits per heavy atom. The maximum absolute atomic E-state index is 12.2. The number of esters is 1. The SMILES string of the molecule is COCCN(CCOC(=O)CCC(C)=O)C(=O)CCC(=O)NC(C)C. The number of Topliss-reactive ketones (excluding diaryl/α,β-unsaturated/α-hetero) is 1. The highest BCUT2D eigenvalue weighted by atomic mass is 16.5. The predicted molar refractivity (Wildman–Crippen MR) is 91.8 cm³/mol. The third kappa shape index (κ3) is 13.1. The van der Waals surface area contributed by atoms with Crippen molar-refractivity contribution in [3.05, 3.63) is 0 Å². The molecule has 1 N–H and O–H groups in total. The zero-order valence-corrected chi connectivity index (χ0v) is 15.6. The molecule has 0 aromatic rings. The van der Waals surface area contributed by atoms with Crippen LogP contribution in [0.4, 0.5) is 0 Å². The van der Waals surface area contributed by atoms with Gasteiger partial charge in [0, 0.05) is 39.0 Å². The van der Waals surface area contributed by atoms with E-state index in [2.05, 4.69) is 5.32 Å². The zero-order chi connectivity index (χ0) is 19.2. The topological polar surface area (TPSA) is 102 Å². The molecule has 0 spiro atoms. The first kappa shape index (κ1) is 23.0. The van der Waals surface area contributed by atoms with Gasteiger partial charge < -0.3 is 24.5 Å². The molecule has 0 radical (unpaired) electrons. The molecule has 0 aromatic carbocycles. The summed E-state index contributed by atoms with van der Waals surface area (Å²) in [6.45, 7) is 6.09. The molecule has 0 atom stereocenters. The second kappa shape index (κ2) is 13.3. The molecule has 0 aliphatic carbocycles. The number of amides is 2. The molecule has 144 valence electrons. The third-order valence-electron chi connectivity index (χ3n) is 3.24. The van der Waals surface area contributed by atoms with Gasteiger partial charge in [0.15, 0.2) is 0 Å². The minimum Gasteiger partial charge on any atom is -0.464 e. The summed E-state index contributed by atoms with van der Waals surface area (Å²) in [6.07, 6.45) is 0.381. The predicted octanol–water partition coefficient (Wildman–Crippen LogP) is 0.679. The second-order valence-electron chi connectivity index (χ2n) is 6.02. The van der Waals surface area contributed by atoms with Crippen LogP contribution in [0, 0.1) is 0 Å². The highest BCUT2D eigenvalue weighted by Gasteiger charge is 2.16. The molecule has 8 nitrogen and oxygen atoms in total. The van der Waals surface area contributed by atoms with Crippen LogP contribution in [0.3, 0.4) is 0 Å². The summed E-state index contributed by atoms with van der Waals surface area (Å²) in [5, 5.41) is 2.73. The van der Waals surface area contributed by atoms with Gasteiger partial charge in [0.25, 0.3) is 0 Å². The molecular weight excluding hydrogens is 328 g/mol. The summed E-state index contributed by atoms with van der Waals surface area (Å²) in [5.74, 6) is -0.916. The van der Waals surface area contributed by atoms with E-state index >= 15 is 0 Å². The Morgan fingerprint density at radius 1 is 0.960 bits per heavy atom. The van der Waals surface area contributed by atoms with E-state index in [4.69, 9.17) is 9.47 Å². The van der Waals surface area contributed by atoms with Gasteiger partial charge in [-0.3, -0.25) is 14.4 Å². The van der Waals surface area contributed by atoms with Crippen LogP contribution in [0.25, 0.3) is 0 Å². The Labute approximate surface area is 149 Å². The molecule has 0 saturated heterocycles. The Hall–Kier alpha value is -1.96. The molecule has 25 heavy (non-hydrogen) atoms. The van der Waals surface area contributed by atoms with Gasteiger partial charge in [-0.05, 0) is 20.8 Å². The van der Waals surface area contributed by atoms with Crippen LogP contribution in [-0.2, 0) is 28.7 Å². The third-order valence-corrected chi connectivity index (χ3v) is 3.24. The van der Waals surface area contributed by atoms with E-state index in [9.17, 15) is 19.2 Å². The molecule has 8 heteroatoms. The van der Waals surface area contributed by atoms with Crippen LogP contribution in [-0.4, -0.2) is 67.9 Å². The maximum atomic E-state index is 12.2. The average Bonchev–Trinajstić information content (AvgIpc) is 2.53. The van der Waals surface area contributed by atoms with Crippen molar-refractivity contribution in [2.24, 2.45) is 0 Å². The van der Waals surface area contributed by atoms with Gasteiger partial charge in [-0.1, -0.05) is 0 Å². The lowest BCUT2D eigenvalue weighted by molar-refractivity contribution is -0.146. The Bertz CT molecular complexity index is 450. The minimum absolute atomic E-state index is 0.0293. The summed E-state index contributed by atoms with van der Waals surface area (Å²) in [4.78, 5) is 47.7. The molecule has 2 amide bonds. The molecule has 0 aliphatic heterocycles. The highest BCUT2D eigenvalue weighted by molar-refractivity contribution is 5.84. The van der Waals surface area contributed by atoms with Crippen molar-refractivity contribution in [1.29, 1.82) is 0 Å². The molecule has 0 unspecified atom stereocenters. The van der Waals surface area contributed by atoms with Crippen LogP contribution in [0.2, 0.25) is 0 Å². The molecule has 0 rings (SSSR count). The fraction of sp³-hybridized carbons (Fsp3) is 0.765. The van der Waals surface area contributed by atoms with E-state index in [1.54, 1.807) is 0 Å². The minimum atomic E-state index is -0.467. The summed E-state index contributed by atoms with van der Waals surface area (Å²) in [5.41, 5.74) is 0. The van der Waals surface area contributed by atoms with Gasteiger partial charge in [-0.25, -0.2) is 0 Å². The van der Waals surface area contributed by atoms with Crippen molar-refractivity contribution >= 4 is 23.6 Å². The second-order valence-corrected chi connectivity index (χ2v) is 6.02. The van der Waals surface area contributed by atoms with Crippen molar-refractivity contribution in [3.63, 3.8) is 0 Å². The number of methoxy groups -OCH3 is 1. The number of hydrogen-bond acceptors (Lipinski definition) is 6. The van der Waals surface area contributed by atoms with Crippen LogP contribution in [0.5, 0.6) is 0 Å². The summed E-state index contributed by atoms with van der Waals surface area (Å²) < 4.78 is 10.0. The molecule has 0 aromatic heterocycles. The van der Waals surface area contributed by atoms with E-state index in [1.807, 2.05) is 13.8 Å². The van der Waals surface area contributed by atoms with Gasteiger partial charge in [-0.15, -0.1) is 0 Å². The van der Waals surface area contributed by atoms with Crippen LogP contribution in [0.15, 0.2) is 0 Å². The van der Waals surface area contributed by atoms with E-state index < -0.39 is 5.97 Å². The maximum Gasteiger partial charge on any atom is 0.306 e. The van der Waals surface area contributed by atoms with Crippen molar-refractivity contribution in [1.82, 2.24) is 10.2 Å². The number of nitrogens with one attached hydrogen (secondary N) is 1. The highest BCUT2D eigenvalue weighted by Crippen LogP contribution is 2.01. The lowest BCUT2D eigenvalue weighted by Crippen LogP contribution is -2.38. The lowest BCUT2D eigenvalue weighted by atomic mass is 10.2. The average molecular weight is 358 g/mol. The van der Waals surface area contributed by atoms with Crippen molar-refractivity contribution in [3.8, 4) is 0 Å². The van der Waals surface area contributed by atoms with E-state index in [0.29, 0.717) is 13.2 Å².